The highest BCUT2D eigenvalue weighted by molar-refractivity contribution is 6.09. The first-order valence-electron chi connectivity index (χ1n) is 9.10. The number of nitrogens with zero attached hydrogens (tertiary/aromatic N) is 2. The van der Waals surface area contributed by atoms with Gasteiger partial charge in [0.2, 0.25) is 0 Å². The van der Waals surface area contributed by atoms with Gasteiger partial charge < -0.3 is 10.1 Å². The molecule has 156 valence electrons. The number of carbonyl (C=O) groups is 2. The third kappa shape index (κ3) is 5.51. The Kier molecular flexibility index (Phi) is 6.69. The van der Waals surface area contributed by atoms with Crippen LogP contribution in [0.1, 0.15) is 26.3 Å². The van der Waals surface area contributed by atoms with Crippen LogP contribution in [0.3, 0.4) is 0 Å². The van der Waals surface area contributed by atoms with E-state index in [9.17, 15) is 19.7 Å². The van der Waals surface area contributed by atoms with Gasteiger partial charge in [-0.2, -0.15) is 5.10 Å². The number of ether oxygens (including phenoxy) is 1. The summed E-state index contributed by atoms with van der Waals surface area (Å²) in [6, 6.07) is 18.7. The summed E-state index contributed by atoms with van der Waals surface area (Å²) in [5.41, 5.74) is 3.78. The van der Waals surface area contributed by atoms with Crippen LogP contribution in [0.25, 0.3) is 0 Å². The number of amides is 2. The lowest BCUT2D eigenvalue weighted by atomic mass is 10.1. The second-order valence-corrected chi connectivity index (χ2v) is 6.28. The van der Waals surface area contributed by atoms with Crippen LogP contribution in [0.2, 0.25) is 0 Å². The number of nitro groups is 1. The van der Waals surface area contributed by atoms with Gasteiger partial charge in [0, 0.05) is 17.7 Å². The molecule has 3 rings (SSSR count). The fraction of sp³-hybridized carbons (Fsp3) is 0.0455. The van der Waals surface area contributed by atoms with Gasteiger partial charge in [-0.3, -0.25) is 19.7 Å². The van der Waals surface area contributed by atoms with Gasteiger partial charge in [-0.1, -0.05) is 12.1 Å². The Morgan fingerprint density at radius 1 is 0.968 bits per heavy atom. The molecule has 31 heavy (non-hydrogen) atoms. The molecule has 0 atom stereocenters. The third-order valence-electron chi connectivity index (χ3n) is 4.26. The molecule has 3 aromatic carbocycles. The smallest absolute Gasteiger partial charge is 0.273 e. The Hall–Kier alpha value is -4.53. The van der Waals surface area contributed by atoms with Crippen molar-refractivity contribution in [1.82, 2.24) is 5.43 Å². The molecule has 0 fully saturated rings. The minimum absolute atomic E-state index is 0.119. The van der Waals surface area contributed by atoms with Crippen molar-refractivity contribution < 1.29 is 19.2 Å². The Balaban J connectivity index is 1.68. The van der Waals surface area contributed by atoms with Crippen LogP contribution in [0.5, 0.6) is 5.75 Å². The molecule has 0 radical (unpaired) electrons. The van der Waals surface area contributed by atoms with E-state index in [-0.39, 0.29) is 22.5 Å². The first-order valence-corrected chi connectivity index (χ1v) is 9.10. The van der Waals surface area contributed by atoms with E-state index in [0.717, 1.165) is 5.56 Å². The fourth-order valence-electron chi connectivity index (χ4n) is 2.63. The lowest BCUT2D eigenvalue weighted by Crippen LogP contribution is -2.21. The highest BCUT2D eigenvalue weighted by atomic mass is 16.6. The first kappa shape index (κ1) is 21.2. The van der Waals surface area contributed by atoms with Gasteiger partial charge in [0.15, 0.2) is 0 Å². The van der Waals surface area contributed by atoms with Crippen molar-refractivity contribution >= 4 is 29.4 Å². The van der Waals surface area contributed by atoms with E-state index in [0.29, 0.717) is 5.75 Å². The van der Waals surface area contributed by atoms with Gasteiger partial charge in [0.25, 0.3) is 17.5 Å². The molecule has 0 aromatic heterocycles. The number of hydrogen-bond acceptors (Lipinski definition) is 6. The van der Waals surface area contributed by atoms with Gasteiger partial charge in [-0.15, -0.1) is 0 Å². The third-order valence-corrected chi connectivity index (χ3v) is 4.26. The number of non-ortho nitro benzene ring substituents is 1. The highest BCUT2D eigenvalue weighted by Crippen LogP contribution is 2.18. The first-order chi connectivity index (χ1) is 15.0. The van der Waals surface area contributed by atoms with Gasteiger partial charge in [-0.25, -0.2) is 5.43 Å². The largest absolute Gasteiger partial charge is 0.497 e. The molecule has 0 bridgehead atoms. The number of methoxy groups -OCH3 is 1. The van der Waals surface area contributed by atoms with Gasteiger partial charge >= 0.3 is 0 Å². The van der Waals surface area contributed by atoms with Gasteiger partial charge in [0.1, 0.15) is 5.75 Å². The van der Waals surface area contributed by atoms with Crippen LogP contribution in [0.15, 0.2) is 77.9 Å². The minimum atomic E-state index is -0.548. The number of benzene rings is 3. The van der Waals surface area contributed by atoms with Crippen LogP contribution in [0, 0.1) is 10.1 Å². The average molecular weight is 418 g/mol. The maximum atomic E-state index is 12.5. The number of hydrogen-bond donors (Lipinski definition) is 2. The molecule has 0 saturated carbocycles. The van der Waals surface area contributed by atoms with Crippen molar-refractivity contribution in [2.45, 2.75) is 0 Å². The molecule has 3 aromatic rings. The summed E-state index contributed by atoms with van der Waals surface area (Å²) in [6.07, 6.45) is 1.48. The lowest BCUT2D eigenvalue weighted by Gasteiger charge is -2.10. The predicted octanol–water partition coefficient (Wildman–Crippen LogP) is 3.62. The van der Waals surface area contributed by atoms with Gasteiger partial charge in [0.05, 0.1) is 29.5 Å². The summed E-state index contributed by atoms with van der Waals surface area (Å²) in [5, 5.41) is 17.3. The van der Waals surface area contributed by atoms with Crippen molar-refractivity contribution in [2.75, 3.05) is 12.4 Å². The zero-order valence-electron chi connectivity index (χ0n) is 16.4. The van der Waals surface area contributed by atoms with E-state index in [2.05, 4.69) is 15.8 Å². The molecular weight excluding hydrogens is 400 g/mol. The quantitative estimate of drug-likeness (QED) is 0.345. The van der Waals surface area contributed by atoms with E-state index in [1.807, 2.05) is 0 Å². The number of hydrazone groups is 1. The molecule has 9 heteroatoms. The summed E-state index contributed by atoms with van der Waals surface area (Å²) in [4.78, 5) is 35.2. The normalized spacial score (nSPS) is 10.5. The summed E-state index contributed by atoms with van der Waals surface area (Å²) >= 11 is 0. The SMILES string of the molecule is COc1ccc(/C=N\NC(=O)c2ccccc2NC(=O)c2ccc([N+](=O)[O-])cc2)cc1. The van der Waals surface area contributed by atoms with E-state index in [4.69, 9.17) is 4.74 Å². The predicted molar refractivity (Wildman–Crippen MR) is 116 cm³/mol. The van der Waals surface area contributed by atoms with Crippen LogP contribution >= 0.6 is 0 Å². The number of carbonyl (C=O) groups excluding carboxylic acids is 2. The second kappa shape index (κ2) is 9.79. The van der Waals surface area contributed by atoms with E-state index >= 15 is 0 Å². The van der Waals surface area contributed by atoms with E-state index in [1.54, 1.807) is 55.6 Å². The molecule has 0 heterocycles. The Morgan fingerprint density at radius 3 is 2.29 bits per heavy atom. The van der Waals surface area contributed by atoms with Crippen molar-refractivity contribution in [3.63, 3.8) is 0 Å². The number of nitrogens with one attached hydrogen (secondary N) is 2. The molecule has 9 nitrogen and oxygen atoms in total. The molecule has 0 unspecified atom stereocenters. The zero-order chi connectivity index (χ0) is 22.2. The highest BCUT2D eigenvalue weighted by Gasteiger charge is 2.14. The number of rotatable bonds is 7. The summed E-state index contributed by atoms with van der Waals surface area (Å²) < 4.78 is 5.08. The van der Waals surface area contributed by atoms with Crippen LogP contribution in [-0.4, -0.2) is 30.1 Å². The summed E-state index contributed by atoms with van der Waals surface area (Å²) in [6.45, 7) is 0. The van der Waals surface area contributed by atoms with E-state index < -0.39 is 16.7 Å². The summed E-state index contributed by atoms with van der Waals surface area (Å²) in [7, 11) is 1.57. The van der Waals surface area contributed by atoms with Crippen molar-refractivity contribution in [2.24, 2.45) is 5.10 Å². The maximum absolute atomic E-state index is 12.5. The van der Waals surface area contributed by atoms with Crippen molar-refractivity contribution in [1.29, 1.82) is 0 Å². The van der Waals surface area contributed by atoms with E-state index in [1.165, 1.54) is 30.5 Å². The molecular formula is C22H18N4O5. The Labute approximate surface area is 177 Å². The standard InChI is InChI=1S/C22H18N4O5/c1-31-18-12-6-15(7-13-18)14-23-25-22(28)19-4-2-3-5-20(19)24-21(27)16-8-10-17(11-9-16)26(29)30/h2-14H,1H3,(H,24,27)(H,25,28)/b23-14-. The Bertz CT molecular complexity index is 1130. The van der Waals surface area contributed by atoms with Crippen molar-refractivity contribution in [3.8, 4) is 5.75 Å². The molecule has 2 N–H and O–H groups in total. The Morgan fingerprint density at radius 2 is 1.65 bits per heavy atom. The molecule has 2 amide bonds. The number of nitro benzene ring substituents is 1. The number of para-hydroxylation sites is 1. The van der Waals surface area contributed by atoms with Gasteiger partial charge in [-0.05, 0) is 54.1 Å². The molecule has 0 saturated heterocycles. The van der Waals surface area contributed by atoms with Crippen LogP contribution in [0.4, 0.5) is 11.4 Å². The molecule has 0 spiro atoms. The lowest BCUT2D eigenvalue weighted by molar-refractivity contribution is -0.384. The molecule has 0 aliphatic rings. The van der Waals surface area contributed by atoms with Crippen LogP contribution in [-0.2, 0) is 0 Å². The minimum Gasteiger partial charge on any atom is -0.497 e. The van der Waals surface area contributed by atoms with Crippen LogP contribution < -0.4 is 15.5 Å². The topological polar surface area (TPSA) is 123 Å². The molecule has 0 aliphatic carbocycles. The maximum Gasteiger partial charge on any atom is 0.273 e. The monoisotopic (exact) mass is 418 g/mol. The number of anilines is 1. The molecule has 0 aliphatic heterocycles. The summed E-state index contributed by atoms with van der Waals surface area (Å²) in [5.74, 6) is -0.305. The average Bonchev–Trinajstić information content (AvgIpc) is 2.79. The zero-order valence-corrected chi connectivity index (χ0v) is 16.4. The van der Waals surface area contributed by atoms with Crippen molar-refractivity contribution in [3.05, 3.63) is 99.6 Å². The fourth-order valence-corrected chi connectivity index (χ4v) is 2.63. The second-order valence-electron chi connectivity index (χ2n) is 6.28.